The number of rotatable bonds is 3. The Morgan fingerprint density at radius 1 is 1.21 bits per heavy atom. The molecule has 3 nitrogen and oxygen atoms in total. The van der Waals surface area contributed by atoms with Crippen molar-refractivity contribution in [2.75, 3.05) is 33.7 Å². The molecular formula is C16H30N2O. The molecule has 3 unspecified atom stereocenters. The van der Waals surface area contributed by atoms with Gasteiger partial charge in [0.1, 0.15) is 5.78 Å². The minimum Gasteiger partial charge on any atom is -0.306 e. The maximum absolute atomic E-state index is 12.2. The minimum absolute atomic E-state index is 0.298. The van der Waals surface area contributed by atoms with Gasteiger partial charge >= 0.3 is 0 Å². The van der Waals surface area contributed by atoms with Gasteiger partial charge in [-0.2, -0.15) is 0 Å². The van der Waals surface area contributed by atoms with Crippen molar-refractivity contribution in [1.82, 2.24) is 9.80 Å². The van der Waals surface area contributed by atoms with E-state index < -0.39 is 0 Å². The quantitative estimate of drug-likeness (QED) is 0.783. The first kappa shape index (κ1) is 15.0. The fraction of sp³-hybridized carbons (Fsp3) is 0.938. The van der Waals surface area contributed by atoms with Crippen molar-refractivity contribution >= 4 is 5.78 Å². The van der Waals surface area contributed by atoms with Gasteiger partial charge in [0.05, 0.1) is 0 Å². The van der Waals surface area contributed by atoms with Crippen LogP contribution >= 0.6 is 0 Å². The van der Waals surface area contributed by atoms with Crippen LogP contribution in [0.15, 0.2) is 0 Å². The zero-order valence-corrected chi connectivity index (χ0v) is 13.1. The van der Waals surface area contributed by atoms with Crippen LogP contribution in [0, 0.1) is 17.8 Å². The highest BCUT2D eigenvalue weighted by Crippen LogP contribution is 2.32. The molecule has 0 N–H and O–H groups in total. The first-order valence-electron chi connectivity index (χ1n) is 7.89. The van der Waals surface area contributed by atoms with E-state index in [1.54, 1.807) is 0 Å². The molecule has 1 aliphatic carbocycles. The molecule has 0 amide bonds. The second kappa shape index (κ2) is 6.36. The Bertz CT molecular complexity index is 308. The summed E-state index contributed by atoms with van der Waals surface area (Å²) in [5.41, 5.74) is 0. The summed E-state index contributed by atoms with van der Waals surface area (Å²) in [5, 5.41) is 0. The van der Waals surface area contributed by atoms with E-state index in [9.17, 15) is 4.79 Å². The average Bonchev–Trinajstić information content (AvgIpc) is 2.34. The molecule has 1 saturated heterocycles. The second-order valence-corrected chi connectivity index (χ2v) is 7.09. The van der Waals surface area contributed by atoms with Crippen LogP contribution in [0.3, 0.4) is 0 Å². The van der Waals surface area contributed by atoms with Crippen molar-refractivity contribution in [2.45, 2.75) is 45.6 Å². The Morgan fingerprint density at radius 3 is 2.37 bits per heavy atom. The summed E-state index contributed by atoms with van der Waals surface area (Å²) in [5.74, 6) is 1.98. The molecule has 2 aliphatic rings. The molecule has 0 aromatic carbocycles. The Labute approximate surface area is 118 Å². The molecule has 110 valence electrons. The van der Waals surface area contributed by atoms with E-state index in [4.69, 9.17) is 0 Å². The molecule has 0 aromatic heterocycles. The molecular weight excluding hydrogens is 236 g/mol. The minimum atomic E-state index is 0.298. The van der Waals surface area contributed by atoms with Crippen molar-refractivity contribution in [3.05, 3.63) is 0 Å². The lowest BCUT2D eigenvalue weighted by Gasteiger charge is -2.39. The second-order valence-electron chi connectivity index (χ2n) is 7.09. The van der Waals surface area contributed by atoms with Crippen LogP contribution in [0.25, 0.3) is 0 Å². The van der Waals surface area contributed by atoms with Crippen LogP contribution in [-0.4, -0.2) is 55.4 Å². The zero-order chi connectivity index (χ0) is 14.0. The Hall–Kier alpha value is -0.410. The fourth-order valence-electron chi connectivity index (χ4n) is 3.87. The molecule has 0 radical (unpaired) electrons. The Balaban J connectivity index is 1.83. The number of ketones is 1. The smallest absolute Gasteiger partial charge is 0.137 e. The molecule has 0 bridgehead atoms. The summed E-state index contributed by atoms with van der Waals surface area (Å²) < 4.78 is 0. The van der Waals surface area contributed by atoms with Gasteiger partial charge < -0.3 is 9.80 Å². The van der Waals surface area contributed by atoms with Gasteiger partial charge in [0.15, 0.2) is 0 Å². The van der Waals surface area contributed by atoms with E-state index in [0.29, 0.717) is 23.5 Å². The van der Waals surface area contributed by atoms with Crippen molar-refractivity contribution < 1.29 is 4.79 Å². The number of Topliss-reactive ketones (excluding diaryl/α,β-unsaturated/α-hetero) is 1. The highest BCUT2D eigenvalue weighted by Gasteiger charge is 2.34. The molecule has 3 atom stereocenters. The predicted molar refractivity (Wildman–Crippen MR) is 79.2 cm³/mol. The molecule has 19 heavy (non-hydrogen) atoms. The van der Waals surface area contributed by atoms with Crippen molar-refractivity contribution in [1.29, 1.82) is 0 Å². The summed E-state index contributed by atoms with van der Waals surface area (Å²) >= 11 is 0. The number of hydrogen-bond acceptors (Lipinski definition) is 3. The number of carbonyl (C=O) groups excluding carboxylic acids is 1. The van der Waals surface area contributed by atoms with Gasteiger partial charge in [-0.3, -0.25) is 4.79 Å². The lowest BCUT2D eigenvalue weighted by atomic mass is 9.74. The van der Waals surface area contributed by atoms with E-state index in [1.165, 1.54) is 19.3 Å². The van der Waals surface area contributed by atoms with Crippen molar-refractivity contribution in [3.63, 3.8) is 0 Å². The van der Waals surface area contributed by atoms with E-state index in [1.807, 2.05) is 0 Å². The van der Waals surface area contributed by atoms with Gasteiger partial charge in [-0.1, -0.05) is 13.8 Å². The van der Waals surface area contributed by atoms with E-state index in [2.05, 4.69) is 37.7 Å². The van der Waals surface area contributed by atoms with Gasteiger partial charge in [-0.15, -0.1) is 0 Å². The summed E-state index contributed by atoms with van der Waals surface area (Å²) in [6, 6.07) is 0.732. The van der Waals surface area contributed by atoms with Gasteiger partial charge in [0, 0.05) is 24.9 Å². The third-order valence-electron chi connectivity index (χ3n) is 5.17. The van der Waals surface area contributed by atoms with Crippen LogP contribution in [0.1, 0.15) is 39.5 Å². The summed E-state index contributed by atoms with van der Waals surface area (Å²) in [6.45, 7) is 7.81. The van der Waals surface area contributed by atoms with Gasteiger partial charge in [0.25, 0.3) is 0 Å². The third-order valence-corrected chi connectivity index (χ3v) is 5.17. The van der Waals surface area contributed by atoms with E-state index >= 15 is 0 Å². The Kier molecular flexibility index (Phi) is 5.02. The molecule has 1 aliphatic heterocycles. The SMILES string of the molecule is CC1CC(=O)C(CN2CCC(N(C)C)CC2)C(C)C1. The maximum Gasteiger partial charge on any atom is 0.137 e. The topological polar surface area (TPSA) is 23.6 Å². The zero-order valence-electron chi connectivity index (χ0n) is 13.1. The maximum atomic E-state index is 12.2. The summed E-state index contributed by atoms with van der Waals surface area (Å²) in [7, 11) is 4.35. The molecule has 1 heterocycles. The first-order chi connectivity index (χ1) is 8.97. The van der Waals surface area contributed by atoms with Crippen LogP contribution in [0.4, 0.5) is 0 Å². The summed E-state index contributed by atoms with van der Waals surface area (Å²) in [6.07, 6.45) is 4.53. The molecule has 0 spiro atoms. The van der Waals surface area contributed by atoms with Crippen molar-refractivity contribution in [2.24, 2.45) is 17.8 Å². The fourth-order valence-corrected chi connectivity index (χ4v) is 3.87. The molecule has 1 saturated carbocycles. The number of hydrogen-bond donors (Lipinski definition) is 0. The molecule has 2 fully saturated rings. The highest BCUT2D eigenvalue weighted by molar-refractivity contribution is 5.82. The normalized spacial score (nSPS) is 35.0. The van der Waals surface area contributed by atoms with E-state index in [0.717, 1.165) is 32.1 Å². The van der Waals surface area contributed by atoms with Gasteiger partial charge in [0.2, 0.25) is 0 Å². The third kappa shape index (κ3) is 3.79. The molecule has 3 heteroatoms. The van der Waals surface area contributed by atoms with Crippen LogP contribution in [0.5, 0.6) is 0 Å². The predicted octanol–water partition coefficient (Wildman–Crippen LogP) is 2.26. The molecule has 2 rings (SSSR count). The summed E-state index contributed by atoms with van der Waals surface area (Å²) in [4.78, 5) is 17.1. The van der Waals surface area contributed by atoms with Gasteiger partial charge in [-0.05, 0) is 58.3 Å². The van der Waals surface area contributed by atoms with Crippen LogP contribution in [0.2, 0.25) is 0 Å². The number of carbonyl (C=O) groups is 1. The first-order valence-corrected chi connectivity index (χ1v) is 7.89. The lowest BCUT2D eigenvalue weighted by Crippen LogP contribution is -2.46. The van der Waals surface area contributed by atoms with Crippen LogP contribution < -0.4 is 0 Å². The lowest BCUT2D eigenvalue weighted by molar-refractivity contribution is -0.128. The average molecular weight is 266 g/mol. The molecule has 0 aromatic rings. The largest absolute Gasteiger partial charge is 0.306 e. The van der Waals surface area contributed by atoms with Gasteiger partial charge in [-0.25, -0.2) is 0 Å². The van der Waals surface area contributed by atoms with E-state index in [-0.39, 0.29) is 0 Å². The monoisotopic (exact) mass is 266 g/mol. The van der Waals surface area contributed by atoms with Crippen LogP contribution in [-0.2, 0) is 4.79 Å². The highest BCUT2D eigenvalue weighted by atomic mass is 16.1. The van der Waals surface area contributed by atoms with Crippen molar-refractivity contribution in [3.8, 4) is 0 Å². The Morgan fingerprint density at radius 2 is 1.84 bits per heavy atom. The number of piperidine rings is 1. The standard InChI is InChI=1S/C16H30N2O/c1-12-9-13(2)15(16(19)10-12)11-18-7-5-14(6-8-18)17(3)4/h12-15H,5-11H2,1-4H3. The number of nitrogens with zero attached hydrogens (tertiary/aromatic N) is 2. The number of likely N-dealkylation sites (tertiary alicyclic amines) is 1.